The van der Waals surface area contributed by atoms with Gasteiger partial charge in [-0.05, 0) is 57.2 Å². The Balaban J connectivity index is 2.17. The Hall–Kier alpha value is -1.13. The second-order valence-electron chi connectivity index (χ2n) is 5.91. The lowest BCUT2D eigenvalue weighted by atomic mass is 9.87. The van der Waals surface area contributed by atoms with Gasteiger partial charge >= 0.3 is 0 Å². The van der Waals surface area contributed by atoms with E-state index >= 15 is 0 Å². The maximum Gasteiger partial charge on any atom is 0.255 e. The topological polar surface area (TPSA) is 29.1 Å². The molecule has 1 N–H and O–H groups in total. The summed E-state index contributed by atoms with van der Waals surface area (Å²) in [7, 11) is 0. The van der Waals surface area contributed by atoms with Crippen LogP contribution in [0.5, 0.6) is 0 Å². The van der Waals surface area contributed by atoms with E-state index in [0.29, 0.717) is 5.56 Å². The van der Waals surface area contributed by atoms with Crippen molar-refractivity contribution in [3.8, 4) is 0 Å². The van der Waals surface area contributed by atoms with Crippen LogP contribution < -0.4 is 5.32 Å². The molecule has 0 radical (unpaired) electrons. The molecule has 0 aliphatic rings. The van der Waals surface area contributed by atoms with Crippen LogP contribution in [0.2, 0.25) is 0 Å². The highest BCUT2D eigenvalue weighted by Crippen LogP contribution is 2.27. The Bertz CT molecular complexity index is 657. The molecule has 0 fully saturated rings. The summed E-state index contributed by atoms with van der Waals surface area (Å²) in [6.45, 7) is 6.46. The number of rotatable bonds is 2. The summed E-state index contributed by atoms with van der Waals surface area (Å²) in [5.74, 6) is -0.113. The lowest BCUT2D eigenvalue weighted by molar-refractivity contribution is 0.102. The van der Waals surface area contributed by atoms with E-state index in [4.69, 9.17) is 0 Å². The van der Waals surface area contributed by atoms with E-state index in [9.17, 15) is 4.79 Å². The lowest BCUT2D eigenvalue weighted by Crippen LogP contribution is -2.14. The van der Waals surface area contributed by atoms with Gasteiger partial charge in [0.1, 0.15) is 0 Å². The van der Waals surface area contributed by atoms with Gasteiger partial charge < -0.3 is 5.32 Å². The first-order chi connectivity index (χ1) is 9.77. The van der Waals surface area contributed by atoms with E-state index in [0.717, 1.165) is 14.6 Å². The highest BCUT2D eigenvalue weighted by molar-refractivity contribution is 9.11. The number of benzene rings is 2. The zero-order valence-electron chi connectivity index (χ0n) is 12.2. The van der Waals surface area contributed by atoms with Gasteiger partial charge in [-0.1, -0.05) is 48.8 Å². The Morgan fingerprint density at radius 1 is 1.00 bits per heavy atom. The molecule has 21 heavy (non-hydrogen) atoms. The van der Waals surface area contributed by atoms with Crippen molar-refractivity contribution in [1.82, 2.24) is 0 Å². The molecule has 0 saturated carbocycles. The van der Waals surface area contributed by atoms with Crippen molar-refractivity contribution in [2.45, 2.75) is 26.2 Å². The summed E-state index contributed by atoms with van der Waals surface area (Å²) in [6, 6.07) is 13.4. The Morgan fingerprint density at radius 2 is 1.62 bits per heavy atom. The largest absolute Gasteiger partial charge is 0.321 e. The molecule has 2 nitrogen and oxygen atoms in total. The summed E-state index contributed by atoms with van der Waals surface area (Å²) in [5, 5.41) is 2.91. The zero-order chi connectivity index (χ0) is 15.6. The normalized spacial score (nSPS) is 11.3. The SMILES string of the molecule is CC(C)(C)c1ccc(C(=O)Nc2ccc(Br)cc2Br)cc1. The average molecular weight is 411 g/mol. The molecule has 0 atom stereocenters. The number of nitrogens with one attached hydrogen (secondary N) is 1. The molecule has 2 rings (SSSR count). The molecular formula is C17H17Br2NO. The molecule has 0 unspecified atom stereocenters. The Kier molecular flexibility index (Phi) is 4.89. The Labute approximate surface area is 142 Å². The second kappa shape index (κ2) is 6.32. The van der Waals surface area contributed by atoms with Crippen LogP contribution in [0.1, 0.15) is 36.7 Å². The number of hydrogen-bond donors (Lipinski definition) is 1. The van der Waals surface area contributed by atoms with Crippen molar-refractivity contribution in [3.63, 3.8) is 0 Å². The standard InChI is InChI=1S/C17H17Br2NO/c1-17(2,3)12-6-4-11(5-7-12)16(21)20-15-9-8-13(18)10-14(15)19/h4-10H,1-3H3,(H,20,21). The first-order valence-electron chi connectivity index (χ1n) is 6.64. The van der Waals surface area contributed by atoms with Crippen LogP contribution in [0.25, 0.3) is 0 Å². The van der Waals surface area contributed by atoms with E-state index in [2.05, 4.69) is 57.9 Å². The van der Waals surface area contributed by atoms with E-state index in [1.54, 1.807) is 0 Å². The molecule has 0 heterocycles. The summed E-state index contributed by atoms with van der Waals surface area (Å²) < 4.78 is 1.80. The molecule has 0 aromatic heterocycles. The van der Waals surface area contributed by atoms with E-state index in [1.165, 1.54) is 5.56 Å². The monoisotopic (exact) mass is 409 g/mol. The Morgan fingerprint density at radius 3 is 2.14 bits per heavy atom. The molecule has 0 aliphatic heterocycles. The third-order valence-electron chi connectivity index (χ3n) is 3.19. The third-order valence-corrected chi connectivity index (χ3v) is 4.34. The fraction of sp³-hybridized carbons (Fsp3) is 0.235. The van der Waals surface area contributed by atoms with Gasteiger partial charge in [-0.2, -0.15) is 0 Å². The third kappa shape index (κ3) is 4.17. The highest BCUT2D eigenvalue weighted by atomic mass is 79.9. The maximum atomic E-state index is 12.3. The summed E-state index contributed by atoms with van der Waals surface area (Å²) >= 11 is 6.83. The first kappa shape index (κ1) is 16.2. The van der Waals surface area contributed by atoms with Crippen LogP contribution in [0.4, 0.5) is 5.69 Å². The fourth-order valence-corrected chi connectivity index (χ4v) is 3.05. The molecule has 0 aliphatic carbocycles. The summed E-state index contributed by atoms with van der Waals surface area (Å²) in [4.78, 5) is 12.3. The van der Waals surface area contributed by atoms with Gasteiger partial charge in [-0.25, -0.2) is 0 Å². The van der Waals surface area contributed by atoms with Gasteiger partial charge in [-0.15, -0.1) is 0 Å². The number of hydrogen-bond acceptors (Lipinski definition) is 1. The first-order valence-corrected chi connectivity index (χ1v) is 8.23. The fourth-order valence-electron chi connectivity index (χ4n) is 1.91. The smallest absolute Gasteiger partial charge is 0.255 e. The van der Waals surface area contributed by atoms with Crippen LogP contribution in [-0.2, 0) is 5.41 Å². The van der Waals surface area contributed by atoms with Crippen molar-refractivity contribution < 1.29 is 4.79 Å². The molecule has 2 aromatic carbocycles. The minimum absolute atomic E-state index is 0.0870. The highest BCUT2D eigenvalue weighted by Gasteiger charge is 2.14. The van der Waals surface area contributed by atoms with E-state index in [-0.39, 0.29) is 11.3 Å². The number of halogens is 2. The van der Waals surface area contributed by atoms with Crippen LogP contribution in [0.15, 0.2) is 51.4 Å². The number of anilines is 1. The molecule has 110 valence electrons. The van der Waals surface area contributed by atoms with Gasteiger partial charge in [0.15, 0.2) is 0 Å². The van der Waals surface area contributed by atoms with Crippen molar-refractivity contribution >= 4 is 43.5 Å². The minimum atomic E-state index is -0.113. The van der Waals surface area contributed by atoms with Crippen molar-refractivity contribution in [3.05, 3.63) is 62.5 Å². The predicted molar refractivity (Wildman–Crippen MR) is 94.9 cm³/mol. The molecule has 2 aromatic rings. The number of amides is 1. The quantitative estimate of drug-likeness (QED) is 0.669. The molecule has 0 bridgehead atoms. The van der Waals surface area contributed by atoms with Crippen molar-refractivity contribution in [1.29, 1.82) is 0 Å². The van der Waals surface area contributed by atoms with E-state index < -0.39 is 0 Å². The lowest BCUT2D eigenvalue weighted by Gasteiger charge is -2.19. The van der Waals surface area contributed by atoms with Gasteiger partial charge in [0.2, 0.25) is 0 Å². The number of carbonyl (C=O) groups excluding carboxylic acids is 1. The number of carbonyl (C=O) groups is 1. The van der Waals surface area contributed by atoms with Gasteiger partial charge in [0.05, 0.1) is 5.69 Å². The van der Waals surface area contributed by atoms with Gasteiger partial charge in [0.25, 0.3) is 5.91 Å². The summed E-state index contributed by atoms with van der Waals surface area (Å²) in [6.07, 6.45) is 0. The van der Waals surface area contributed by atoms with E-state index in [1.807, 2.05) is 42.5 Å². The van der Waals surface area contributed by atoms with Crippen LogP contribution >= 0.6 is 31.9 Å². The van der Waals surface area contributed by atoms with Crippen LogP contribution in [-0.4, -0.2) is 5.91 Å². The predicted octanol–water partition coefficient (Wildman–Crippen LogP) is 5.76. The molecule has 1 amide bonds. The van der Waals surface area contributed by atoms with Crippen LogP contribution in [0.3, 0.4) is 0 Å². The van der Waals surface area contributed by atoms with Crippen molar-refractivity contribution in [2.75, 3.05) is 5.32 Å². The average Bonchev–Trinajstić information content (AvgIpc) is 2.41. The molecule has 0 spiro atoms. The minimum Gasteiger partial charge on any atom is -0.321 e. The summed E-state index contributed by atoms with van der Waals surface area (Å²) in [5.41, 5.74) is 2.70. The van der Waals surface area contributed by atoms with Crippen LogP contribution in [0, 0.1) is 0 Å². The van der Waals surface area contributed by atoms with Gasteiger partial charge in [0, 0.05) is 14.5 Å². The van der Waals surface area contributed by atoms with Crippen molar-refractivity contribution in [2.24, 2.45) is 0 Å². The molecular weight excluding hydrogens is 394 g/mol. The second-order valence-corrected chi connectivity index (χ2v) is 7.68. The molecule has 4 heteroatoms. The maximum absolute atomic E-state index is 12.3. The molecule has 0 saturated heterocycles. The van der Waals surface area contributed by atoms with Gasteiger partial charge in [-0.3, -0.25) is 4.79 Å². The zero-order valence-corrected chi connectivity index (χ0v) is 15.4.